The van der Waals surface area contributed by atoms with Crippen LogP contribution in [0.4, 0.5) is 0 Å². The Morgan fingerprint density at radius 1 is 1.12 bits per heavy atom. The Kier molecular flexibility index (Phi) is 4.64. The highest BCUT2D eigenvalue weighted by molar-refractivity contribution is 6.31. The maximum Gasteiger partial charge on any atom is 0.341 e. The Balaban J connectivity index is 1.91. The molecule has 0 aliphatic rings. The molecule has 5 nitrogen and oxygen atoms in total. The minimum atomic E-state index is -1.26. The Labute approximate surface area is 142 Å². The Bertz CT molecular complexity index is 952. The van der Waals surface area contributed by atoms with Crippen LogP contribution in [0.2, 0.25) is 5.02 Å². The fraction of sp³-hybridized carbons (Fsp3) is 0.111. The first kappa shape index (κ1) is 16.2. The van der Waals surface area contributed by atoms with Crippen LogP contribution >= 0.6 is 11.6 Å². The molecule has 6 heteroatoms. The summed E-state index contributed by atoms with van der Waals surface area (Å²) in [4.78, 5) is 25.7. The molecule has 0 unspecified atom stereocenters. The predicted molar refractivity (Wildman–Crippen MR) is 93.5 cm³/mol. The van der Waals surface area contributed by atoms with Crippen LogP contribution in [0, 0.1) is 0 Å². The van der Waals surface area contributed by atoms with E-state index >= 15 is 0 Å². The number of fused-ring (bicyclic) bond motifs is 1. The van der Waals surface area contributed by atoms with Crippen molar-refractivity contribution in [2.24, 2.45) is 0 Å². The number of H-pyrrole nitrogens is 1. The number of aromatic nitrogens is 1. The number of hydrogen-bond donors (Lipinski definition) is 3. The Hall–Kier alpha value is -2.63. The van der Waals surface area contributed by atoms with Crippen molar-refractivity contribution in [2.75, 3.05) is 0 Å². The van der Waals surface area contributed by atoms with Gasteiger partial charge in [-0.15, -0.1) is 0 Å². The van der Waals surface area contributed by atoms with Gasteiger partial charge in [0.05, 0.1) is 5.52 Å². The Morgan fingerprint density at radius 3 is 2.58 bits per heavy atom. The highest BCUT2D eigenvalue weighted by Crippen LogP contribution is 2.22. The average Bonchev–Trinajstić information content (AvgIpc) is 2.55. The van der Waals surface area contributed by atoms with E-state index in [1.165, 1.54) is 6.07 Å². The second kappa shape index (κ2) is 6.86. The Morgan fingerprint density at radius 2 is 1.88 bits per heavy atom. The molecular formula is C18H15ClN2O3. The number of pyridine rings is 1. The molecule has 0 bridgehead atoms. The van der Waals surface area contributed by atoms with Gasteiger partial charge in [-0.25, -0.2) is 4.79 Å². The van der Waals surface area contributed by atoms with Crippen molar-refractivity contribution in [2.45, 2.75) is 13.1 Å². The quantitative estimate of drug-likeness (QED) is 0.665. The van der Waals surface area contributed by atoms with Crippen LogP contribution in [0.3, 0.4) is 0 Å². The minimum absolute atomic E-state index is 0.298. The number of carbonyl (C=O) groups is 1. The van der Waals surface area contributed by atoms with Crippen LogP contribution in [0.1, 0.15) is 21.5 Å². The summed E-state index contributed by atoms with van der Waals surface area (Å²) in [6.45, 7) is 1.17. The molecule has 2 aromatic carbocycles. The van der Waals surface area contributed by atoms with E-state index in [0.29, 0.717) is 29.0 Å². The molecule has 3 N–H and O–H groups in total. The number of benzene rings is 2. The molecular weight excluding hydrogens is 328 g/mol. The van der Waals surface area contributed by atoms with Crippen molar-refractivity contribution in [3.8, 4) is 0 Å². The van der Waals surface area contributed by atoms with Gasteiger partial charge in [-0.2, -0.15) is 0 Å². The molecule has 0 aliphatic heterocycles. The standard InChI is InChI=1S/C18H15ClN2O3/c19-14-6-12-8-15(18(23)24)17(22)21-16(12)13(7-14)10-20-9-11-4-2-1-3-5-11/h1-8,20H,9-10H2,(H,21,22)(H,23,24). The van der Waals surface area contributed by atoms with Gasteiger partial charge < -0.3 is 15.4 Å². The molecule has 0 saturated carbocycles. The first-order chi connectivity index (χ1) is 11.5. The molecule has 3 aromatic rings. The zero-order valence-corrected chi connectivity index (χ0v) is 13.4. The maximum atomic E-state index is 11.9. The number of rotatable bonds is 5. The lowest BCUT2D eigenvalue weighted by molar-refractivity contribution is 0.0695. The van der Waals surface area contributed by atoms with Gasteiger partial charge in [-0.05, 0) is 29.3 Å². The van der Waals surface area contributed by atoms with Crippen LogP contribution in [0.15, 0.2) is 53.3 Å². The summed E-state index contributed by atoms with van der Waals surface area (Å²) >= 11 is 6.12. The van der Waals surface area contributed by atoms with Crippen LogP contribution < -0.4 is 10.9 Å². The fourth-order valence-corrected chi connectivity index (χ4v) is 2.84. The molecule has 1 aromatic heterocycles. The summed E-state index contributed by atoms with van der Waals surface area (Å²) in [5, 5.41) is 13.4. The number of aromatic amines is 1. The number of halogens is 1. The third-order valence-corrected chi connectivity index (χ3v) is 3.93. The van der Waals surface area contributed by atoms with Crippen LogP contribution in [-0.4, -0.2) is 16.1 Å². The van der Waals surface area contributed by atoms with Crippen molar-refractivity contribution in [3.05, 3.63) is 80.6 Å². The second-order valence-electron chi connectivity index (χ2n) is 5.44. The van der Waals surface area contributed by atoms with E-state index in [9.17, 15) is 9.59 Å². The summed E-state index contributed by atoms with van der Waals surface area (Å²) in [6, 6.07) is 14.7. The average molecular weight is 343 g/mol. The van der Waals surface area contributed by atoms with Gasteiger partial charge in [0, 0.05) is 23.5 Å². The zero-order chi connectivity index (χ0) is 17.1. The number of carboxylic acids is 1. The first-order valence-corrected chi connectivity index (χ1v) is 7.76. The van der Waals surface area contributed by atoms with Gasteiger partial charge >= 0.3 is 5.97 Å². The van der Waals surface area contributed by atoms with Crippen molar-refractivity contribution in [1.82, 2.24) is 10.3 Å². The third-order valence-electron chi connectivity index (χ3n) is 3.72. The van der Waals surface area contributed by atoms with E-state index in [4.69, 9.17) is 16.7 Å². The molecule has 0 spiro atoms. The highest BCUT2D eigenvalue weighted by atomic mass is 35.5. The zero-order valence-electron chi connectivity index (χ0n) is 12.7. The molecule has 0 radical (unpaired) electrons. The fourth-order valence-electron chi connectivity index (χ4n) is 2.59. The van der Waals surface area contributed by atoms with Crippen LogP contribution in [0.25, 0.3) is 10.9 Å². The van der Waals surface area contributed by atoms with Gasteiger partial charge in [0.15, 0.2) is 0 Å². The molecule has 0 amide bonds. The number of nitrogens with one attached hydrogen (secondary N) is 2. The molecule has 0 atom stereocenters. The van der Waals surface area contributed by atoms with E-state index in [0.717, 1.165) is 11.1 Å². The van der Waals surface area contributed by atoms with Crippen molar-refractivity contribution in [3.63, 3.8) is 0 Å². The van der Waals surface area contributed by atoms with Crippen molar-refractivity contribution in [1.29, 1.82) is 0 Å². The summed E-state index contributed by atoms with van der Waals surface area (Å²) in [7, 11) is 0. The summed E-state index contributed by atoms with van der Waals surface area (Å²) in [5.74, 6) is -1.26. The summed E-state index contributed by atoms with van der Waals surface area (Å²) in [5.41, 5.74) is 1.62. The van der Waals surface area contributed by atoms with E-state index in [1.54, 1.807) is 12.1 Å². The largest absolute Gasteiger partial charge is 0.477 e. The normalized spacial score (nSPS) is 10.9. The molecule has 0 saturated heterocycles. The number of aromatic carboxylic acids is 1. The lowest BCUT2D eigenvalue weighted by atomic mass is 10.1. The maximum absolute atomic E-state index is 11.9. The minimum Gasteiger partial charge on any atom is -0.477 e. The highest BCUT2D eigenvalue weighted by Gasteiger charge is 2.12. The second-order valence-corrected chi connectivity index (χ2v) is 5.87. The molecule has 3 rings (SSSR count). The molecule has 122 valence electrons. The van der Waals surface area contributed by atoms with Crippen LogP contribution in [-0.2, 0) is 13.1 Å². The van der Waals surface area contributed by atoms with E-state index in [1.807, 2.05) is 30.3 Å². The van der Waals surface area contributed by atoms with Gasteiger partial charge in [0.25, 0.3) is 5.56 Å². The van der Waals surface area contributed by atoms with E-state index in [2.05, 4.69) is 10.3 Å². The third kappa shape index (κ3) is 3.48. The SMILES string of the molecule is O=C(O)c1cc2cc(Cl)cc(CNCc3ccccc3)c2[nH]c1=O. The molecule has 1 heterocycles. The van der Waals surface area contributed by atoms with E-state index < -0.39 is 11.5 Å². The van der Waals surface area contributed by atoms with Crippen molar-refractivity contribution < 1.29 is 9.90 Å². The molecule has 24 heavy (non-hydrogen) atoms. The summed E-state index contributed by atoms with van der Waals surface area (Å²) < 4.78 is 0. The number of carboxylic acid groups (broad SMARTS) is 1. The van der Waals surface area contributed by atoms with Gasteiger partial charge in [-0.3, -0.25) is 4.79 Å². The first-order valence-electron chi connectivity index (χ1n) is 7.38. The topological polar surface area (TPSA) is 82.2 Å². The molecule has 0 fully saturated rings. The smallest absolute Gasteiger partial charge is 0.341 e. The van der Waals surface area contributed by atoms with Gasteiger partial charge in [0.1, 0.15) is 5.56 Å². The van der Waals surface area contributed by atoms with Gasteiger partial charge in [0.2, 0.25) is 0 Å². The van der Waals surface area contributed by atoms with Gasteiger partial charge in [-0.1, -0.05) is 41.9 Å². The predicted octanol–water partition coefficient (Wildman–Crippen LogP) is 3.17. The van der Waals surface area contributed by atoms with Crippen molar-refractivity contribution >= 4 is 28.5 Å². The number of hydrogen-bond acceptors (Lipinski definition) is 3. The molecule has 0 aliphatic carbocycles. The van der Waals surface area contributed by atoms with Crippen LogP contribution in [0.5, 0.6) is 0 Å². The lowest BCUT2D eigenvalue weighted by Crippen LogP contribution is -2.19. The monoisotopic (exact) mass is 342 g/mol. The lowest BCUT2D eigenvalue weighted by Gasteiger charge is -2.10. The van der Waals surface area contributed by atoms with E-state index in [-0.39, 0.29) is 5.56 Å². The summed E-state index contributed by atoms with van der Waals surface area (Å²) in [6.07, 6.45) is 0.